The van der Waals surface area contributed by atoms with Gasteiger partial charge in [-0.15, -0.1) is 6.58 Å². The van der Waals surface area contributed by atoms with Crippen LogP contribution >= 0.6 is 11.6 Å². The minimum absolute atomic E-state index is 0.268. The Balaban J connectivity index is 2.35. The van der Waals surface area contributed by atoms with Crippen LogP contribution in [0.15, 0.2) is 29.7 Å². The largest absolute Gasteiger partial charge is 0.310 e. The van der Waals surface area contributed by atoms with E-state index in [1.807, 2.05) is 13.0 Å². The molecular formula is C15H21ClN2O2S. The van der Waals surface area contributed by atoms with Gasteiger partial charge in [-0.05, 0) is 43.0 Å². The van der Waals surface area contributed by atoms with Crippen molar-refractivity contribution in [3.63, 3.8) is 0 Å². The first-order valence-electron chi connectivity index (χ1n) is 6.96. The van der Waals surface area contributed by atoms with Gasteiger partial charge in [0, 0.05) is 31.2 Å². The van der Waals surface area contributed by atoms with Crippen molar-refractivity contribution in [1.82, 2.24) is 9.62 Å². The molecule has 116 valence electrons. The zero-order chi connectivity index (χ0) is 15.6. The number of sulfonamides is 1. The van der Waals surface area contributed by atoms with E-state index in [9.17, 15) is 8.42 Å². The summed E-state index contributed by atoms with van der Waals surface area (Å²) in [4.78, 5) is 0.270. The molecule has 0 spiro atoms. The van der Waals surface area contributed by atoms with Crippen LogP contribution in [0.1, 0.15) is 24.0 Å². The van der Waals surface area contributed by atoms with Crippen molar-refractivity contribution in [3.8, 4) is 0 Å². The van der Waals surface area contributed by atoms with Crippen LogP contribution in [0.2, 0.25) is 5.02 Å². The highest BCUT2D eigenvalue weighted by atomic mass is 35.5. The Labute approximate surface area is 131 Å². The molecule has 0 aromatic heterocycles. The van der Waals surface area contributed by atoms with Gasteiger partial charge in [0.05, 0.1) is 4.90 Å². The number of halogens is 1. The Hall–Kier alpha value is -0.880. The summed E-state index contributed by atoms with van der Waals surface area (Å²) in [5.41, 5.74) is 1.68. The van der Waals surface area contributed by atoms with Gasteiger partial charge in [-0.1, -0.05) is 17.7 Å². The second kappa shape index (κ2) is 6.48. The number of hydrogen-bond donors (Lipinski definition) is 1. The average molecular weight is 329 g/mol. The molecule has 2 rings (SSSR count). The third kappa shape index (κ3) is 3.86. The van der Waals surface area contributed by atoms with E-state index >= 15 is 0 Å². The zero-order valence-corrected chi connectivity index (χ0v) is 14.0. The molecule has 1 fully saturated rings. The maximum Gasteiger partial charge on any atom is 0.243 e. The van der Waals surface area contributed by atoms with Gasteiger partial charge < -0.3 is 5.32 Å². The molecule has 0 saturated heterocycles. The van der Waals surface area contributed by atoms with Crippen molar-refractivity contribution in [2.75, 3.05) is 13.6 Å². The number of hydrogen-bond acceptors (Lipinski definition) is 3. The Bertz CT molecular complexity index is 639. The molecule has 0 unspecified atom stereocenters. The van der Waals surface area contributed by atoms with Crippen LogP contribution in [0.5, 0.6) is 0 Å². The smallest absolute Gasteiger partial charge is 0.243 e. The lowest BCUT2D eigenvalue weighted by atomic mass is 10.1. The summed E-state index contributed by atoms with van der Waals surface area (Å²) in [5, 5.41) is 3.83. The van der Waals surface area contributed by atoms with Crippen LogP contribution in [0.4, 0.5) is 0 Å². The van der Waals surface area contributed by atoms with E-state index in [1.54, 1.807) is 13.1 Å². The molecule has 0 bridgehead atoms. The molecule has 0 aliphatic heterocycles. The molecule has 1 aromatic carbocycles. The fourth-order valence-electron chi connectivity index (χ4n) is 2.15. The van der Waals surface area contributed by atoms with Crippen molar-refractivity contribution in [1.29, 1.82) is 0 Å². The van der Waals surface area contributed by atoms with Gasteiger partial charge in [0.2, 0.25) is 10.0 Å². The fourth-order valence-corrected chi connectivity index (χ4v) is 3.89. The first-order chi connectivity index (χ1) is 9.86. The SMILES string of the molecule is C=CCN(C)S(=O)(=O)c1cc(Cl)cc(CNC2CC2)c1C. The Morgan fingerprint density at radius 3 is 2.71 bits per heavy atom. The van der Waals surface area contributed by atoms with Gasteiger partial charge in [0.15, 0.2) is 0 Å². The van der Waals surface area contributed by atoms with E-state index in [0.29, 0.717) is 17.6 Å². The van der Waals surface area contributed by atoms with Gasteiger partial charge in [-0.3, -0.25) is 0 Å². The number of likely N-dealkylation sites (N-methyl/N-ethyl adjacent to an activating group) is 1. The lowest BCUT2D eigenvalue weighted by Gasteiger charge is -2.19. The van der Waals surface area contributed by atoms with Crippen molar-refractivity contribution < 1.29 is 8.42 Å². The molecule has 1 aromatic rings. The monoisotopic (exact) mass is 328 g/mol. The van der Waals surface area contributed by atoms with E-state index in [-0.39, 0.29) is 11.4 Å². The summed E-state index contributed by atoms with van der Waals surface area (Å²) in [6.45, 7) is 6.32. The molecule has 0 amide bonds. The third-order valence-corrected chi connectivity index (χ3v) is 5.83. The van der Waals surface area contributed by atoms with Crippen LogP contribution in [-0.2, 0) is 16.6 Å². The number of rotatable bonds is 7. The first-order valence-corrected chi connectivity index (χ1v) is 8.77. The minimum atomic E-state index is -3.55. The molecule has 4 nitrogen and oxygen atoms in total. The van der Waals surface area contributed by atoms with Crippen molar-refractivity contribution in [2.45, 2.75) is 37.2 Å². The summed E-state index contributed by atoms with van der Waals surface area (Å²) in [7, 11) is -2.01. The van der Waals surface area contributed by atoms with E-state index in [4.69, 9.17) is 11.6 Å². The Kier molecular flexibility index (Phi) is 5.09. The molecule has 1 aliphatic rings. The first kappa shape index (κ1) is 16.5. The van der Waals surface area contributed by atoms with Crippen LogP contribution in [0, 0.1) is 6.92 Å². The highest BCUT2D eigenvalue weighted by Gasteiger charge is 2.25. The molecule has 21 heavy (non-hydrogen) atoms. The van der Waals surface area contributed by atoms with E-state index in [0.717, 1.165) is 11.1 Å². The van der Waals surface area contributed by atoms with Crippen molar-refractivity contribution >= 4 is 21.6 Å². The Morgan fingerprint density at radius 2 is 2.14 bits per heavy atom. The van der Waals surface area contributed by atoms with Gasteiger partial charge in [0.25, 0.3) is 0 Å². The molecular weight excluding hydrogens is 308 g/mol. The predicted molar refractivity (Wildman–Crippen MR) is 86.1 cm³/mol. The molecule has 1 aliphatic carbocycles. The topological polar surface area (TPSA) is 49.4 Å². The van der Waals surface area contributed by atoms with Crippen LogP contribution in [0.3, 0.4) is 0 Å². The average Bonchev–Trinajstić information content (AvgIpc) is 3.23. The minimum Gasteiger partial charge on any atom is -0.310 e. The second-order valence-electron chi connectivity index (χ2n) is 5.42. The molecule has 6 heteroatoms. The molecule has 1 saturated carbocycles. The van der Waals surface area contributed by atoms with Gasteiger partial charge in [-0.2, -0.15) is 4.31 Å². The number of nitrogens with zero attached hydrogens (tertiary/aromatic N) is 1. The van der Waals surface area contributed by atoms with Crippen LogP contribution in [0.25, 0.3) is 0 Å². The maximum absolute atomic E-state index is 12.6. The Morgan fingerprint density at radius 1 is 1.48 bits per heavy atom. The lowest BCUT2D eigenvalue weighted by Crippen LogP contribution is -2.28. The molecule has 0 heterocycles. The van der Waals surface area contributed by atoms with Crippen molar-refractivity contribution in [3.05, 3.63) is 40.9 Å². The fraction of sp³-hybridized carbons (Fsp3) is 0.467. The molecule has 0 atom stereocenters. The lowest BCUT2D eigenvalue weighted by molar-refractivity contribution is 0.498. The summed E-state index contributed by atoms with van der Waals surface area (Å²) in [6.07, 6.45) is 3.94. The summed E-state index contributed by atoms with van der Waals surface area (Å²) >= 11 is 6.11. The van der Waals surface area contributed by atoms with E-state index in [1.165, 1.54) is 23.2 Å². The number of nitrogens with one attached hydrogen (secondary N) is 1. The maximum atomic E-state index is 12.6. The van der Waals surface area contributed by atoms with E-state index < -0.39 is 10.0 Å². The summed E-state index contributed by atoms with van der Waals surface area (Å²) in [5.74, 6) is 0. The van der Waals surface area contributed by atoms with Crippen LogP contribution in [-0.4, -0.2) is 32.4 Å². The quantitative estimate of drug-likeness (QED) is 0.783. The molecule has 1 N–H and O–H groups in total. The van der Waals surface area contributed by atoms with Gasteiger partial charge in [0.1, 0.15) is 0 Å². The summed E-state index contributed by atoms with van der Waals surface area (Å²) < 4.78 is 26.5. The summed E-state index contributed by atoms with van der Waals surface area (Å²) in [6, 6.07) is 3.91. The zero-order valence-electron chi connectivity index (χ0n) is 12.4. The second-order valence-corrected chi connectivity index (χ2v) is 7.87. The highest BCUT2D eigenvalue weighted by Crippen LogP contribution is 2.27. The predicted octanol–water partition coefficient (Wildman–Crippen LogP) is 2.71. The normalized spacial score (nSPS) is 15.4. The molecule has 0 radical (unpaired) electrons. The third-order valence-electron chi connectivity index (χ3n) is 3.67. The standard InChI is InChI=1S/C15H21ClN2O2S/c1-4-7-18(3)21(19,20)15-9-13(16)8-12(11(15)2)10-17-14-5-6-14/h4,8-9,14,17H,1,5-7,10H2,2-3H3. The highest BCUT2D eigenvalue weighted by molar-refractivity contribution is 7.89. The van der Waals surface area contributed by atoms with Gasteiger partial charge >= 0.3 is 0 Å². The van der Waals surface area contributed by atoms with Crippen molar-refractivity contribution in [2.24, 2.45) is 0 Å². The van der Waals surface area contributed by atoms with Crippen LogP contribution < -0.4 is 5.32 Å². The van der Waals surface area contributed by atoms with Gasteiger partial charge in [-0.25, -0.2) is 8.42 Å². The number of benzene rings is 1. The van der Waals surface area contributed by atoms with E-state index in [2.05, 4.69) is 11.9 Å².